The lowest BCUT2D eigenvalue weighted by Crippen LogP contribution is -2.36. The average molecular weight is 399 g/mol. The van der Waals surface area contributed by atoms with E-state index in [9.17, 15) is 9.59 Å². The van der Waals surface area contributed by atoms with Gasteiger partial charge in [0.15, 0.2) is 0 Å². The lowest BCUT2D eigenvalue weighted by Gasteiger charge is -2.23. The molecule has 1 aliphatic rings. The Balaban J connectivity index is 1.46. The first-order valence-corrected chi connectivity index (χ1v) is 10.6. The SMILES string of the molecule is O=C(Nc1ccccc1C(=O)NC1CCCCC1)c1ccc(-c2ccccc2)cc1. The predicted octanol–water partition coefficient (Wildman–Crippen LogP) is 5.67. The van der Waals surface area contributed by atoms with Gasteiger partial charge in [-0.3, -0.25) is 9.59 Å². The molecule has 3 aromatic carbocycles. The Hall–Kier alpha value is -3.40. The zero-order valence-electron chi connectivity index (χ0n) is 16.9. The van der Waals surface area contributed by atoms with Crippen LogP contribution in [0.1, 0.15) is 52.8 Å². The number of nitrogens with one attached hydrogen (secondary N) is 2. The summed E-state index contributed by atoms with van der Waals surface area (Å²) in [4.78, 5) is 25.6. The first-order valence-electron chi connectivity index (χ1n) is 10.6. The lowest BCUT2D eigenvalue weighted by atomic mass is 9.95. The summed E-state index contributed by atoms with van der Waals surface area (Å²) < 4.78 is 0. The number of hydrogen-bond donors (Lipinski definition) is 2. The maximum atomic E-state index is 12.8. The van der Waals surface area contributed by atoms with Crippen molar-refractivity contribution in [3.63, 3.8) is 0 Å². The van der Waals surface area contributed by atoms with Gasteiger partial charge in [-0.05, 0) is 48.2 Å². The third-order valence-electron chi connectivity index (χ3n) is 5.61. The zero-order valence-corrected chi connectivity index (χ0v) is 16.9. The molecule has 0 aliphatic heterocycles. The number of anilines is 1. The molecule has 0 spiro atoms. The van der Waals surface area contributed by atoms with Crippen LogP contribution in [0.5, 0.6) is 0 Å². The zero-order chi connectivity index (χ0) is 20.8. The van der Waals surface area contributed by atoms with Crippen molar-refractivity contribution in [1.29, 1.82) is 0 Å². The second-order valence-corrected chi connectivity index (χ2v) is 7.75. The molecular weight excluding hydrogens is 372 g/mol. The minimum atomic E-state index is -0.229. The molecule has 1 saturated carbocycles. The maximum Gasteiger partial charge on any atom is 0.255 e. The molecule has 4 nitrogen and oxygen atoms in total. The molecule has 3 aromatic rings. The van der Waals surface area contributed by atoms with Gasteiger partial charge < -0.3 is 10.6 Å². The highest BCUT2D eigenvalue weighted by Gasteiger charge is 2.19. The molecular formula is C26H26N2O2. The molecule has 0 heterocycles. The van der Waals surface area contributed by atoms with Crippen molar-refractivity contribution in [3.05, 3.63) is 90.0 Å². The van der Waals surface area contributed by atoms with Crippen LogP contribution in [0.25, 0.3) is 11.1 Å². The van der Waals surface area contributed by atoms with Crippen molar-refractivity contribution in [3.8, 4) is 11.1 Å². The van der Waals surface area contributed by atoms with E-state index in [2.05, 4.69) is 10.6 Å². The normalized spacial score (nSPS) is 14.1. The monoisotopic (exact) mass is 398 g/mol. The van der Waals surface area contributed by atoms with Crippen LogP contribution in [-0.4, -0.2) is 17.9 Å². The van der Waals surface area contributed by atoms with E-state index >= 15 is 0 Å². The summed E-state index contributed by atoms with van der Waals surface area (Å²) in [6.45, 7) is 0. The van der Waals surface area contributed by atoms with Crippen LogP contribution in [0.4, 0.5) is 5.69 Å². The van der Waals surface area contributed by atoms with Crippen LogP contribution in [-0.2, 0) is 0 Å². The molecule has 2 amide bonds. The standard InChI is InChI=1S/C26H26N2O2/c29-25(21-17-15-20(16-18-21)19-9-3-1-4-10-19)28-24-14-8-7-13-23(24)26(30)27-22-11-5-2-6-12-22/h1,3-4,7-10,13-18,22H,2,5-6,11-12H2,(H,27,30)(H,28,29). The molecule has 4 rings (SSSR count). The van der Waals surface area contributed by atoms with Crippen LogP contribution in [0, 0.1) is 0 Å². The van der Waals surface area contributed by atoms with Gasteiger partial charge in [0.1, 0.15) is 0 Å². The van der Waals surface area contributed by atoms with Crippen LogP contribution in [0.15, 0.2) is 78.9 Å². The molecule has 0 aromatic heterocycles. The first-order chi connectivity index (χ1) is 14.7. The summed E-state index contributed by atoms with van der Waals surface area (Å²) in [6.07, 6.45) is 5.59. The van der Waals surface area contributed by atoms with Gasteiger partial charge in [-0.1, -0.05) is 73.9 Å². The van der Waals surface area contributed by atoms with Gasteiger partial charge in [0.2, 0.25) is 0 Å². The number of rotatable bonds is 5. The van der Waals surface area contributed by atoms with Gasteiger partial charge in [-0.25, -0.2) is 0 Å². The van der Waals surface area contributed by atoms with E-state index in [0.29, 0.717) is 16.8 Å². The van der Waals surface area contributed by atoms with Gasteiger partial charge in [-0.15, -0.1) is 0 Å². The maximum absolute atomic E-state index is 12.8. The van der Waals surface area contributed by atoms with E-state index in [4.69, 9.17) is 0 Å². The van der Waals surface area contributed by atoms with Crippen LogP contribution in [0.3, 0.4) is 0 Å². The molecule has 4 heteroatoms. The smallest absolute Gasteiger partial charge is 0.255 e. The number of benzene rings is 3. The molecule has 2 N–H and O–H groups in total. The first kappa shape index (κ1) is 19.9. The van der Waals surface area contributed by atoms with Crippen molar-refractivity contribution in [2.24, 2.45) is 0 Å². The van der Waals surface area contributed by atoms with Gasteiger partial charge in [0, 0.05) is 11.6 Å². The summed E-state index contributed by atoms with van der Waals surface area (Å²) in [5, 5.41) is 6.03. The van der Waals surface area contributed by atoms with E-state index in [1.807, 2.05) is 66.7 Å². The minimum absolute atomic E-state index is 0.128. The quantitative estimate of drug-likeness (QED) is 0.582. The van der Waals surface area contributed by atoms with E-state index in [0.717, 1.165) is 36.8 Å². The minimum Gasteiger partial charge on any atom is -0.349 e. The highest BCUT2D eigenvalue weighted by molar-refractivity contribution is 6.09. The summed E-state index contributed by atoms with van der Waals surface area (Å²) in [6, 6.07) is 24.9. The summed E-state index contributed by atoms with van der Waals surface area (Å²) in [7, 11) is 0. The van der Waals surface area contributed by atoms with E-state index in [1.54, 1.807) is 12.1 Å². The Morgan fingerprint density at radius 1 is 0.667 bits per heavy atom. The molecule has 0 saturated heterocycles. The summed E-state index contributed by atoms with van der Waals surface area (Å²) >= 11 is 0. The Kier molecular flexibility index (Phi) is 6.23. The topological polar surface area (TPSA) is 58.2 Å². The van der Waals surface area contributed by atoms with Crippen LogP contribution in [0.2, 0.25) is 0 Å². The van der Waals surface area contributed by atoms with Gasteiger partial charge >= 0.3 is 0 Å². The second kappa shape index (κ2) is 9.40. The predicted molar refractivity (Wildman–Crippen MR) is 121 cm³/mol. The summed E-state index contributed by atoms with van der Waals surface area (Å²) in [5.41, 5.74) is 3.74. The Bertz CT molecular complexity index is 1010. The van der Waals surface area contributed by atoms with E-state index < -0.39 is 0 Å². The van der Waals surface area contributed by atoms with Crippen molar-refractivity contribution in [2.75, 3.05) is 5.32 Å². The van der Waals surface area contributed by atoms with Crippen molar-refractivity contribution in [1.82, 2.24) is 5.32 Å². The fraction of sp³-hybridized carbons (Fsp3) is 0.231. The molecule has 0 bridgehead atoms. The number of amides is 2. The Morgan fingerprint density at radius 3 is 2.03 bits per heavy atom. The van der Waals surface area contributed by atoms with Gasteiger partial charge in [-0.2, -0.15) is 0 Å². The molecule has 152 valence electrons. The molecule has 1 aliphatic carbocycles. The lowest BCUT2D eigenvalue weighted by molar-refractivity contribution is 0.0928. The third kappa shape index (κ3) is 4.77. The van der Waals surface area contributed by atoms with E-state index in [1.165, 1.54) is 6.42 Å². The molecule has 0 unspecified atom stereocenters. The second-order valence-electron chi connectivity index (χ2n) is 7.75. The Morgan fingerprint density at radius 2 is 1.30 bits per heavy atom. The van der Waals surface area contributed by atoms with Gasteiger partial charge in [0.25, 0.3) is 11.8 Å². The number of hydrogen-bond acceptors (Lipinski definition) is 2. The van der Waals surface area contributed by atoms with Gasteiger partial charge in [0.05, 0.1) is 11.3 Å². The number of carbonyl (C=O) groups excluding carboxylic acids is 2. The number of para-hydroxylation sites is 1. The molecule has 0 atom stereocenters. The molecule has 1 fully saturated rings. The van der Waals surface area contributed by atoms with E-state index in [-0.39, 0.29) is 17.9 Å². The fourth-order valence-electron chi connectivity index (χ4n) is 3.94. The summed E-state index contributed by atoms with van der Waals surface area (Å²) in [5.74, 6) is -0.357. The van der Waals surface area contributed by atoms with Crippen LogP contribution < -0.4 is 10.6 Å². The van der Waals surface area contributed by atoms with Crippen LogP contribution >= 0.6 is 0 Å². The van der Waals surface area contributed by atoms with Crippen molar-refractivity contribution in [2.45, 2.75) is 38.1 Å². The highest BCUT2D eigenvalue weighted by atomic mass is 16.2. The highest BCUT2D eigenvalue weighted by Crippen LogP contribution is 2.22. The van der Waals surface area contributed by atoms with Crippen molar-refractivity contribution >= 4 is 17.5 Å². The number of carbonyl (C=O) groups is 2. The van der Waals surface area contributed by atoms with Crippen molar-refractivity contribution < 1.29 is 9.59 Å². The third-order valence-corrected chi connectivity index (χ3v) is 5.61. The largest absolute Gasteiger partial charge is 0.349 e. The average Bonchev–Trinajstić information content (AvgIpc) is 2.81. The molecule has 0 radical (unpaired) electrons. The fourth-order valence-corrected chi connectivity index (χ4v) is 3.94. The molecule has 30 heavy (non-hydrogen) atoms. The Labute approximate surface area is 177 Å².